The third-order valence-corrected chi connectivity index (χ3v) is 8.74. The van der Waals surface area contributed by atoms with Crippen LogP contribution in [0.2, 0.25) is 0 Å². The number of carbonyl (C=O) groups is 2. The smallest absolute Gasteiger partial charge is 0.264 e. The minimum absolute atomic E-state index is 0.0779. The summed E-state index contributed by atoms with van der Waals surface area (Å²) < 4.78 is 29.0. The molecule has 0 aliphatic carbocycles. The summed E-state index contributed by atoms with van der Waals surface area (Å²) in [5, 5.41) is 2.70. The van der Waals surface area contributed by atoms with Crippen molar-refractivity contribution in [3.05, 3.63) is 132 Å². The van der Waals surface area contributed by atoms with Crippen molar-refractivity contribution in [1.82, 2.24) is 10.2 Å². The van der Waals surface area contributed by atoms with Gasteiger partial charge in [0.05, 0.1) is 10.6 Å². The number of benzene rings is 4. The van der Waals surface area contributed by atoms with Gasteiger partial charge < -0.3 is 10.2 Å². The fourth-order valence-electron chi connectivity index (χ4n) is 4.65. The molecule has 0 saturated carbocycles. The number of sulfonamides is 1. The van der Waals surface area contributed by atoms with Crippen LogP contribution in [0.5, 0.6) is 0 Å². The van der Waals surface area contributed by atoms with E-state index >= 15 is 0 Å². The number of anilines is 1. The van der Waals surface area contributed by atoms with Crippen LogP contribution in [0.3, 0.4) is 0 Å². The van der Waals surface area contributed by atoms with E-state index in [0.29, 0.717) is 5.69 Å². The van der Waals surface area contributed by atoms with Crippen LogP contribution in [0.1, 0.15) is 23.6 Å². The predicted molar refractivity (Wildman–Crippen MR) is 162 cm³/mol. The largest absolute Gasteiger partial charge is 0.357 e. The van der Waals surface area contributed by atoms with E-state index in [9.17, 15) is 18.0 Å². The molecule has 1 N–H and O–H groups in total. The van der Waals surface area contributed by atoms with Crippen molar-refractivity contribution in [3.63, 3.8) is 0 Å². The standard InChI is InChI=1S/C33H35N3O4S/c1-3-26-19-21-29(22-20-26)36(41(39,40)30-17-11-6-12-18-30)25-32(37)35(24-28-15-9-5-10-16-28)31(33(38)34-2)23-27-13-7-4-8-14-27/h4-22,31H,3,23-25H2,1-2H3,(H,34,38)/t31-/m0/s1. The highest BCUT2D eigenvalue weighted by molar-refractivity contribution is 7.92. The molecule has 0 unspecified atom stereocenters. The second-order valence-corrected chi connectivity index (χ2v) is 11.5. The zero-order chi connectivity index (χ0) is 29.2. The number of aryl methyl sites for hydroxylation is 1. The lowest BCUT2D eigenvalue weighted by Gasteiger charge is -2.33. The molecular weight excluding hydrogens is 534 g/mol. The highest BCUT2D eigenvalue weighted by atomic mass is 32.2. The third-order valence-electron chi connectivity index (χ3n) is 6.96. The molecule has 0 spiro atoms. The number of nitrogens with zero attached hydrogens (tertiary/aromatic N) is 2. The lowest BCUT2D eigenvalue weighted by molar-refractivity contribution is -0.139. The maximum atomic E-state index is 14.2. The maximum absolute atomic E-state index is 14.2. The van der Waals surface area contributed by atoms with Crippen LogP contribution in [0.4, 0.5) is 5.69 Å². The molecule has 0 aliphatic rings. The van der Waals surface area contributed by atoms with Gasteiger partial charge in [-0.15, -0.1) is 0 Å². The second kappa shape index (κ2) is 13.8. The molecule has 2 amide bonds. The Balaban J connectivity index is 1.76. The van der Waals surface area contributed by atoms with Crippen LogP contribution >= 0.6 is 0 Å². The molecule has 0 saturated heterocycles. The molecule has 0 aliphatic heterocycles. The van der Waals surface area contributed by atoms with E-state index in [1.807, 2.05) is 79.7 Å². The number of amides is 2. The van der Waals surface area contributed by atoms with Gasteiger partial charge in [0.1, 0.15) is 12.6 Å². The van der Waals surface area contributed by atoms with Gasteiger partial charge in [-0.2, -0.15) is 0 Å². The summed E-state index contributed by atoms with van der Waals surface area (Å²) in [6.45, 7) is 1.68. The fraction of sp³-hybridized carbons (Fsp3) is 0.212. The second-order valence-electron chi connectivity index (χ2n) is 9.67. The van der Waals surface area contributed by atoms with E-state index < -0.39 is 28.5 Å². The van der Waals surface area contributed by atoms with Crippen molar-refractivity contribution in [2.75, 3.05) is 17.9 Å². The van der Waals surface area contributed by atoms with Gasteiger partial charge in [0.2, 0.25) is 11.8 Å². The van der Waals surface area contributed by atoms with E-state index in [4.69, 9.17) is 0 Å². The average Bonchev–Trinajstić information content (AvgIpc) is 3.02. The van der Waals surface area contributed by atoms with Crippen LogP contribution in [0, 0.1) is 0 Å². The molecule has 7 nitrogen and oxygen atoms in total. The summed E-state index contributed by atoms with van der Waals surface area (Å²) in [4.78, 5) is 29.0. The summed E-state index contributed by atoms with van der Waals surface area (Å²) in [7, 11) is -2.57. The molecule has 0 radical (unpaired) electrons. The Morgan fingerprint density at radius 1 is 0.732 bits per heavy atom. The number of rotatable bonds is 12. The summed E-state index contributed by atoms with van der Waals surface area (Å²) in [5.41, 5.74) is 3.13. The van der Waals surface area contributed by atoms with Crippen molar-refractivity contribution >= 4 is 27.5 Å². The van der Waals surface area contributed by atoms with Gasteiger partial charge in [-0.05, 0) is 47.4 Å². The predicted octanol–water partition coefficient (Wildman–Crippen LogP) is 4.83. The minimum Gasteiger partial charge on any atom is -0.357 e. The van der Waals surface area contributed by atoms with Gasteiger partial charge in [-0.3, -0.25) is 13.9 Å². The zero-order valence-electron chi connectivity index (χ0n) is 23.3. The highest BCUT2D eigenvalue weighted by Gasteiger charge is 2.34. The average molecular weight is 570 g/mol. The third kappa shape index (κ3) is 7.41. The molecular formula is C33H35N3O4S. The van der Waals surface area contributed by atoms with Crippen molar-refractivity contribution < 1.29 is 18.0 Å². The zero-order valence-corrected chi connectivity index (χ0v) is 24.1. The SMILES string of the molecule is CCc1ccc(N(CC(=O)N(Cc2ccccc2)[C@@H](Cc2ccccc2)C(=O)NC)S(=O)(=O)c2ccccc2)cc1. The normalized spacial score (nSPS) is 11.9. The van der Waals surface area contributed by atoms with Crippen molar-refractivity contribution in [3.8, 4) is 0 Å². The van der Waals surface area contributed by atoms with Crippen LogP contribution in [-0.4, -0.2) is 44.8 Å². The lowest BCUT2D eigenvalue weighted by atomic mass is 10.0. The van der Waals surface area contributed by atoms with Gasteiger partial charge in [0.25, 0.3) is 10.0 Å². The number of likely N-dealkylation sites (N-methyl/N-ethyl adjacent to an activating group) is 1. The van der Waals surface area contributed by atoms with E-state index in [0.717, 1.165) is 27.4 Å². The van der Waals surface area contributed by atoms with Crippen LogP contribution < -0.4 is 9.62 Å². The number of nitrogens with one attached hydrogen (secondary N) is 1. The molecule has 0 aromatic heterocycles. The molecule has 4 aromatic carbocycles. The van der Waals surface area contributed by atoms with Gasteiger partial charge in [0, 0.05) is 20.0 Å². The summed E-state index contributed by atoms with van der Waals surface area (Å²) >= 11 is 0. The molecule has 0 heterocycles. The van der Waals surface area contributed by atoms with E-state index in [1.165, 1.54) is 24.1 Å². The molecule has 1 atom stereocenters. The Hall–Kier alpha value is -4.43. The monoisotopic (exact) mass is 569 g/mol. The summed E-state index contributed by atoms with van der Waals surface area (Å²) in [6, 6.07) is 33.2. The van der Waals surface area contributed by atoms with Gasteiger partial charge in [0.15, 0.2) is 0 Å². The van der Waals surface area contributed by atoms with Gasteiger partial charge in [-0.25, -0.2) is 8.42 Å². The molecule has 0 bridgehead atoms. The summed E-state index contributed by atoms with van der Waals surface area (Å²) in [6.07, 6.45) is 1.07. The number of hydrogen-bond acceptors (Lipinski definition) is 4. The first-order valence-corrected chi connectivity index (χ1v) is 15.0. The van der Waals surface area contributed by atoms with Gasteiger partial charge in [-0.1, -0.05) is 97.9 Å². The molecule has 4 rings (SSSR count). The quantitative estimate of drug-likeness (QED) is 0.265. The van der Waals surface area contributed by atoms with E-state index in [-0.39, 0.29) is 23.8 Å². The molecule has 212 valence electrons. The fourth-order valence-corrected chi connectivity index (χ4v) is 6.08. The Morgan fingerprint density at radius 3 is 1.80 bits per heavy atom. The molecule has 0 fully saturated rings. The molecule has 8 heteroatoms. The molecule has 41 heavy (non-hydrogen) atoms. The maximum Gasteiger partial charge on any atom is 0.264 e. The first-order valence-electron chi connectivity index (χ1n) is 13.6. The Labute approximate surface area is 242 Å². The van der Waals surface area contributed by atoms with Crippen LogP contribution in [-0.2, 0) is 39.0 Å². The molecule has 4 aromatic rings. The Morgan fingerprint density at radius 2 is 1.27 bits per heavy atom. The van der Waals surface area contributed by atoms with Gasteiger partial charge >= 0.3 is 0 Å². The minimum atomic E-state index is -4.10. The van der Waals surface area contributed by atoms with Crippen LogP contribution in [0.15, 0.2) is 120 Å². The Kier molecular flexibility index (Phi) is 9.92. The van der Waals surface area contributed by atoms with Crippen molar-refractivity contribution in [2.24, 2.45) is 0 Å². The Bertz CT molecular complexity index is 1530. The van der Waals surface area contributed by atoms with Crippen LogP contribution in [0.25, 0.3) is 0 Å². The first-order chi connectivity index (χ1) is 19.8. The lowest BCUT2D eigenvalue weighted by Crippen LogP contribution is -2.53. The summed E-state index contributed by atoms with van der Waals surface area (Å²) in [5.74, 6) is -0.819. The topological polar surface area (TPSA) is 86.8 Å². The van der Waals surface area contributed by atoms with E-state index in [1.54, 1.807) is 30.3 Å². The highest BCUT2D eigenvalue weighted by Crippen LogP contribution is 2.25. The number of carbonyl (C=O) groups excluding carboxylic acids is 2. The van der Waals surface area contributed by atoms with Crippen molar-refractivity contribution in [1.29, 1.82) is 0 Å². The van der Waals surface area contributed by atoms with Crippen molar-refractivity contribution in [2.45, 2.75) is 37.2 Å². The number of hydrogen-bond donors (Lipinski definition) is 1. The first kappa shape index (κ1) is 29.6. The van der Waals surface area contributed by atoms with E-state index in [2.05, 4.69) is 5.32 Å².